The van der Waals surface area contributed by atoms with Crippen LogP contribution in [0.4, 0.5) is 4.39 Å². The quantitative estimate of drug-likeness (QED) is 0.818. The van der Waals surface area contributed by atoms with E-state index in [0.29, 0.717) is 12.3 Å². The molecule has 0 unspecified atom stereocenters. The van der Waals surface area contributed by atoms with Crippen LogP contribution in [0.5, 0.6) is 0 Å². The van der Waals surface area contributed by atoms with Gasteiger partial charge in [0.15, 0.2) is 0 Å². The predicted octanol–water partition coefficient (Wildman–Crippen LogP) is 4.08. The average molecular weight is 319 g/mol. The van der Waals surface area contributed by atoms with Crippen molar-refractivity contribution < 1.29 is 13.9 Å². The Kier molecular flexibility index (Phi) is 5.31. The van der Waals surface area contributed by atoms with E-state index in [1.807, 2.05) is 4.90 Å². The molecule has 4 heteroatoms. The number of nitrogens with zero attached hydrogens (tertiary/aromatic N) is 1. The second kappa shape index (κ2) is 7.43. The summed E-state index contributed by atoms with van der Waals surface area (Å²) in [7, 11) is 1.75. The molecule has 0 spiro atoms. The summed E-state index contributed by atoms with van der Waals surface area (Å²) in [6.45, 7) is 0.771. The first kappa shape index (κ1) is 16.4. The highest BCUT2D eigenvalue weighted by atomic mass is 19.1. The number of likely N-dealkylation sites (tertiary alicyclic amines) is 1. The minimum absolute atomic E-state index is 0.0113. The number of carbonyl (C=O) groups excluding carboxylic acids is 1. The van der Waals surface area contributed by atoms with Crippen molar-refractivity contribution in [3.05, 3.63) is 35.6 Å². The standard InChI is InChI=1S/C19H26FNO2/c1-23-19(15-6-3-2-4-7-15)18(21-13-5-8-17(21)22)14-9-11-16(20)12-10-14/h9-12,15,18-19H,2-8,13H2,1H3/t18-,19+/m0/s1. The molecule has 1 heterocycles. The van der Waals surface area contributed by atoms with Crippen molar-refractivity contribution in [2.75, 3.05) is 13.7 Å². The van der Waals surface area contributed by atoms with Crippen molar-refractivity contribution in [1.82, 2.24) is 4.90 Å². The second-order valence-electron chi connectivity index (χ2n) is 6.79. The smallest absolute Gasteiger partial charge is 0.223 e. The zero-order chi connectivity index (χ0) is 16.2. The number of amides is 1. The van der Waals surface area contributed by atoms with Crippen LogP contribution in [0.25, 0.3) is 0 Å². The minimum atomic E-state index is -0.244. The van der Waals surface area contributed by atoms with Gasteiger partial charge in [0.2, 0.25) is 5.91 Å². The van der Waals surface area contributed by atoms with E-state index in [-0.39, 0.29) is 23.9 Å². The van der Waals surface area contributed by atoms with E-state index in [2.05, 4.69) is 0 Å². The van der Waals surface area contributed by atoms with E-state index in [9.17, 15) is 9.18 Å². The molecule has 3 nitrogen and oxygen atoms in total. The molecular formula is C19H26FNO2. The molecule has 3 rings (SSSR count). The van der Waals surface area contributed by atoms with Crippen LogP contribution >= 0.6 is 0 Å². The Hall–Kier alpha value is -1.42. The molecule has 1 aromatic carbocycles. The van der Waals surface area contributed by atoms with Crippen LogP contribution in [0.3, 0.4) is 0 Å². The highest BCUT2D eigenvalue weighted by molar-refractivity contribution is 5.78. The molecule has 1 aliphatic carbocycles. The lowest BCUT2D eigenvalue weighted by atomic mass is 9.80. The molecule has 0 N–H and O–H groups in total. The highest BCUT2D eigenvalue weighted by Crippen LogP contribution is 2.38. The van der Waals surface area contributed by atoms with Crippen molar-refractivity contribution >= 4 is 5.91 Å². The molecule has 2 aliphatic rings. The highest BCUT2D eigenvalue weighted by Gasteiger charge is 2.38. The molecule has 1 aromatic rings. The molecular weight excluding hydrogens is 293 g/mol. The average Bonchev–Trinajstić information content (AvgIpc) is 3.00. The maximum absolute atomic E-state index is 13.3. The van der Waals surface area contributed by atoms with Crippen LogP contribution in [0.2, 0.25) is 0 Å². The van der Waals surface area contributed by atoms with Crippen LogP contribution in [0.15, 0.2) is 24.3 Å². The summed E-state index contributed by atoms with van der Waals surface area (Å²) in [5.74, 6) is 0.418. The van der Waals surface area contributed by atoms with Crippen LogP contribution in [0.1, 0.15) is 56.6 Å². The van der Waals surface area contributed by atoms with Gasteiger partial charge in [-0.25, -0.2) is 4.39 Å². The SMILES string of the molecule is CO[C@H](C1CCCCC1)[C@H](c1ccc(F)cc1)N1CCCC1=O. The molecule has 2 atom stereocenters. The topological polar surface area (TPSA) is 29.5 Å². The van der Waals surface area contributed by atoms with Crippen LogP contribution in [-0.2, 0) is 9.53 Å². The lowest BCUT2D eigenvalue weighted by Crippen LogP contribution is -2.42. The van der Waals surface area contributed by atoms with E-state index in [1.165, 1.54) is 31.4 Å². The Morgan fingerprint density at radius 3 is 2.39 bits per heavy atom. The summed E-state index contributed by atoms with van der Waals surface area (Å²) in [5.41, 5.74) is 0.985. The van der Waals surface area contributed by atoms with Gasteiger partial charge in [0.1, 0.15) is 5.82 Å². The molecule has 23 heavy (non-hydrogen) atoms. The van der Waals surface area contributed by atoms with E-state index in [1.54, 1.807) is 19.2 Å². The fourth-order valence-corrected chi connectivity index (χ4v) is 4.21. The number of hydrogen-bond donors (Lipinski definition) is 0. The van der Waals surface area contributed by atoms with Crippen molar-refractivity contribution in [3.8, 4) is 0 Å². The molecule has 2 fully saturated rings. The number of methoxy groups -OCH3 is 1. The molecule has 0 radical (unpaired) electrons. The first-order valence-electron chi connectivity index (χ1n) is 8.78. The first-order chi connectivity index (χ1) is 11.2. The Bertz CT molecular complexity index is 525. The number of rotatable bonds is 5. The monoisotopic (exact) mass is 319 g/mol. The van der Waals surface area contributed by atoms with Crippen molar-refractivity contribution in [2.24, 2.45) is 5.92 Å². The molecule has 126 valence electrons. The zero-order valence-electron chi connectivity index (χ0n) is 13.8. The van der Waals surface area contributed by atoms with Gasteiger partial charge in [-0.1, -0.05) is 31.4 Å². The Morgan fingerprint density at radius 2 is 1.83 bits per heavy atom. The fourth-order valence-electron chi connectivity index (χ4n) is 4.21. The molecule has 1 saturated heterocycles. The van der Waals surface area contributed by atoms with Gasteiger partial charge in [-0.15, -0.1) is 0 Å². The van der Waals surface area contributed by atoms with Gasteiger partial charge in [-0.05, 0) is 42.9 Å². The van der Waals surface area contributed by atoms with Crippen LogP contribution in [0, 0.1) is 11.7 Å². The third-order valence-electron chi connectivity index (χ3n) is 5.36. The Balaban J connectivity index is 1.92. The van der Waals surface area contributed by atoms with Crippen LogP contribution in [-0.4, -0.2) is 30.6 Å². The summed E-state index contributed by atoms with van der Waals surface area (Å²) in [4.78, 5) is 14.3. The van der Waals surface area contributed by atoms with Crippen molar-refractivity contribution in [1.29, 1.82) is 0 Å². The van der Waals surface area contributed by atoms with Crippen LogP contribution < -0.4 is 0 Å². The van der Waals surface area contributed by atoms with E-state index >= 15 is 0 Å². The summed E-state index contributed by atoms with van der Waals surface area (Å²) < 4.78 is 19.2. The van der Waals surface area contributed by atoms with Gasteiger partial charge in [-0.2, -0.15) is 0 Å². The lowest BCUT2D eigenvalue weighted by Gasteiger charge is -2.39. The number of benzene rings is 1. The largest absolute Gasteiger partial charge is 0.379 e. The summed E-state index contributed by atoms with van der Waals surface area (Å²) >= 11 is 0. The van der Waals surface area contributed by atoms with Crippen molar-refractivity contribution in [2.45, 2.75) is 57.1 Å². The summed E-state index contributed by atoms with van der Waals surface area (Å²) in [6, 6.07) is 6.48. The van der Waals surface area contributed by atoms with Gasteiger partial charge in [0, 0.05) is 20.1 Å². The van der Waals surface area contributed by atoms with E-state index in [0.717, 1.165) is 31.4 Å². The van der Waals surface area contributed by atoms with Gasteiger partial charge in [0.05, 0.1) is 12.1 Å². The first-order valence-corrected chi connectivity index (χ1v) is 8.78. The van der Waals surface area contributed by atoms with E-state index in [4.69, 9.17) is 4.74 Å². The van der Waals surface area contributed by atoms with Crippen molar-refractivity contribution in [3.63, 3.8) is 0 Å². The minimum Gasteiger partial charge on any atom is -0.379 e. The van der Waals surface area contributed by atoms with E-state index < -0.39 is 0 Å². The maximum atomic E-state index is 13.3. The number of hydrogen-bond acceptors (Lipinski definition) is 2. The molecule has 1 saturated carbocycles. The summed E-state index contributed by atoms with van der Waals surface area (Å²) in [6.07, 6.45) is 7.55. The zero-order valence-corrected chi connectivity index (χ0v) is 13.8. The Labute approximate surface area is 137 Å². The van der Waals surface area contributed by atoms with Gasteiger partial charge in [0.25, 0.3) is 0 Å². The third kappa shape index (κ3) is 3.57. The Morgan fingerprint density at radius 1 is 1.13 bits per heavy atom. The second-order valence-corrected chi connectivity index (χ2v) is 6.79. The molecule has 0 aromatic heterocycles. The number of carbonyl (C=O) groups is 1. The fraction of sp³-hybridized carbons (Fsp3) is 0.632. The molecule has 1 aliphatic heterocycles. The normalized spacial score (nSPS) is 22.3. The number of halogens is 1. The summed E-state index contributed by atoms with van der Waals surface area (Å²) in [5, 5.41) is 0. The number of ether oxygens (including phenoxy) is 1. The third-order valence-corrected chi connectivity index (χ3v) is 5.36. The van der Waals surface area contributed by atoms with Gasteiger partial charge in [-0.3, -0.25) is 4.79 Å². The maximum Gasteiger partial charge on any atom is 0.223 e. The molecule has 1 amide bonds. The van der Waals surface area contributed by atoms with Gasteiger partial charge < -0.3 is 9.64 Å². The predicted molar refractivity (Wildman–Crippen MR) is 87.5 cm³/mol. The lowest BCUT2D eigenvalue weighted by molar-refractivity contribution is -0.134. The van der Waals surface area contributed by atoms with Gasteiger partial charge >= 0.3 is 0 Å². The molecule has 0 bridgehead atoms.